The molecule has 0 radical (unpaired) electrons. The predicted molar refractivity (Wildman–Crippen MR) is 100 cm³/mol. The molecule has 2 aliphatic heterocycles. The van der Waals surface area contributed by atoms with E-state index in [0.29, 0.717) is 6.61 Å². The zero-order valence-electron chi connectivity index (χ0n) is 15.6. The molecule has 5 nitrogen and oxygen atoms in total. The number of hydrogen-bond donors (Lipinski definition) is 0. The quantitative estimate of drug-likeness (QED) is 0.820. The van der Waals surface area contributed by atoms with Gasteiger partial charge in [-0.2, -0.15) is 0 Å². The fourth-order valence-electron chi connectivity index (χ4n) is 3.76. The number of piperidine rings is 1. The Labute approximate surface area is 151 Å². The molecule has 1 amide bonds. The number of likely N-dealkylation sites (N-methyl/N-ethyl adjacent to an activating group) is 1. The number of rotatable bonds is 5. The molecule has 0 saturated carbocycles. The molecule has 2 aliphatic rings. The van der Waals surface area contributed by atoms with Crippen LogP contribution in [0.1, 0.15) is 30.1 Å². The second kappa shape index (κ2) is 8.68. The van der Waals surface area contributed by atoms with Gasteiger partial charge >= 0.3 is 0 Å². The first-order valence-corrected chi connectivity index (χ1v) is 9.58. The minimum atomic E-state index is 0.154. The summed E-state index contributed by atoms with van der Waals surface area (Å²) in [7, 11) is 2.20. The summed E-state index contributed by atoms with van der Waals surface area (Å²) in [5.41, 5.74) is 0.765. The van der Waals surface area contributed by atoms with E-state index in [9.17, 15) is 4.79 Å². The topological polar surface area (TPSA) is 36.0 Å². The van der Waals surface area contributed by atoms with E-state index in [1.54, 1.807) is 0 Å². The lowest BCUT2D eigenvalue weighted by molar-refractivity contribution is 0.0644. The van der Waals surface area contributed by atoms with Gasteiger partial charge in [-0.1, -0.05) is 0 Å². The minimum Gasteiger partial charge on any atom is -0.494 e. The van der Waals surface area contributed by atoms with Crippen molar-refractivity contribution in [2.45, 2.75) is 19.8 Å². The van der Waals surface area contributed by atoms with Crippen molar-refractivity contribution in [1.29, 1.82) is 0 Å². The van der Waals surface area contributed by atoms with E-state index < -0.39 is 0 Å². The van der Waals surface area contributed by atoms with Crippen LogP contribution in [0.4, 0.5) is 0 Å². The second-order valence-corrected chi connectivity index (χ2v) is 7.30. The number of benzene rings is 1. The van der Waals surface area contributed by atoms with E-state index in [2.05, 4.69) is 16.8 Å². The average Bonchev–Trinajstić information content (AvgIpc) is 2.65. The standard InChI is InChI=1S/C20H31N3O2/c1-3-25-19-6-4-18(5-7-19)20(24)23-10-8-17(9-11-23)16-22-14-12-21(2)13-15-22/h4-7,17H,3,8-16H2,1-2H3. The molecule has 1 aromatic carbocycles. The third kappa shape index (κ3) is 4.95. The third-order valence-corrected chi connectivity index (χ3v) is 5.43. The summed E-state index contributed by atoms with van der Waals surface area (Å²) < 4.78 is 5.45. The lowest BCUT2D eigenvalue weighted by Crippen LogP contribution is -2.48. The highest BCUT2D eigenvalue weighted by molar-refractivity contribution is 5.94. The van der Waals surface area contributed by atoms with Crippen molar-refractivity contribution in [3.8, 4) is 5.75 Å². The van der Waals surface area contributed by atoms with E-state index in [0.717, 1.165) is 43.2 Å². The van der Waals surface area contributed by atoms with Gasteiger partial charge in [-0.05, 0) is 57.0 Å². The zero-order chi connectivity index (χ0) is 17.6. The van der Waals surface area contributed by atoms with Crippen molar-refractivity contribution in [1.82, 2.24) is 14.7 Å². The Morgan fingerprint density at radius 1 is 1.04 bits per heavy atom. The highest BCUT2D eigenvalue weighted by atomic mass is 16.5. The summed E-state index contributed by atoms with van der Waals surface area (Å²) >= 11 is 0. The van der Waals surface area contributed by atoms with Crippen LogP contribution in [0, 0.1) is 5.92 Å². The zero-order valence-corrected chi connectivity index (χ0v) is 15.6. The number of carbonyl (C=O) groups excluding carboxylic acids is 1. The number of ether oxygens (including phenoxy) is 1. The molecule has 138 valence electrons. The van der Waals surface area contributed by atoms with Gasteiger partial charge in [0.25, 0.3) is 5.91 Å². The molecule has 0 unspecified atom stereocenters. The lowest BCUT2D eigenvalue weighted by Gasteiger charge is -2.38. The first-order chi connectivity index (χ1) is 12.2. The molecule has 0 aliphatic carbocycles. The van der Waals surface area contributed by atoms with Gasteiger partial charge in [0.2, 0.25) is 0 Å². The largest absolute Gasteiger partial charge is 0.494 e. The van der Waals surface area contributed by atoms with Gasteiger partial charge in [-0.15, -0.1) is 0 Å². The molecule has 25 heavy (non-hydrogen) atoms. The summed E-state index contributed by atoms with van der Waals surface area (Å²) in [4.78, 5) is 19.7. The van der Waals surface area contributed by atoms with E-state index in [4.69, 9.17) is 4.74 Å². The first kappa shape index (κ1) is 18.2. The van der Waals surface area contributed by atoms with Crippen molar-refractivity contribution in [3.63, 3.8) is 0 Å². The van der Waals surface area contributed by atoms with Gasteiger partial charge in [0.15, 0.2) is 0 Å². The summed E-state index contributed by atoms with van der Waals surface area (Å²) in [6, 6.07) is 7.53. The normalized spacial score (nSPS) is 20.6. The molecule has 2 fully saturated rings. The molecule has 1 aromatic rings. The smallest absolute Gasteiger partial charge is 0.253 e. The van der Waals surface area contributed by atoms with Crippen molar-refractivity contribution in [3.05, 3.63) is 29.8 Å². The Morgan fingerprint density at radius 2 is 1.68 bits per heavy atom. The van der Waals surface area contributed by atoms with E-state index in [-0.39, 0.29) is 5.91 Å². The molecular weight excluding hydrogens is 314 g/mol. The van der Waals surface area contributed by atoms with Crippen LogP contribution in [0.15, 0.2) is 24.3 Å². The van der Waals surface area contributed by atoms with Crippen LogP contribution in [-0.2, 0) is 0 Å². The van der Waals surface area contributed by atoms with Crippen LogP contribution in [0.25, 0.3) is 0 Å². The van der Waals surface area contributed by atoms with Gasteiger partial charge in [-0.3, -0.25) is 4.79 Å². The number of piperazine rings is 1. The van der Waals surface area contributed by atoms with Crippen molar-refractivity contribution in [2.75, 3.05) is 59.5 Å². The Balaban J connectivity index is 1.45. The number of likely N-dealkylation sites (tertiary alicyclic amines) is 1. The monoisotopic (exact) mass is 345 g/mol. The van der Waals surface area contributed by atoms with Crippen molar-refractivity contribution >= 4 is 5.91 Å². The Hall–Kier alpha value is -1.59. The second-order valence-electron chi connectivity index (χ2n) is 7.30. The summed E-state index contributed by atoms with van der Waals surface area (Å²) in [5.74, 6) is 1.71. The molecule has 0 spiro atoms. The summed E-state index contributed by atoms with van der Waals surface area (Å²) in [6.07, 6.45) is 2.24. The fourth-order valence-corrected chi connectivity index (χ4v) is 3.76. The van der Waals surface area contributed by atoms with Gasteiger partial charge < -0.3 is 19.4 Å². The molecule has 3 rings (SSSR count). The highest BCUT2D eigenvalue weighted by Gasteiger charge is 2.25. The molecular formula is C20H31N3O2. The van der Waals surface area contributed by atoms with E-state index in [1.807, 2.05) is 36.1 Å². The summed E-state index contributed by atoms with van der Waals surface area (Å²) in [5, 5.41) is 0. The lowest BCUT2D eigenvalue weighted by atomic mass is 9.95. The maximum atomic E-state index is 12.7. The highest BCUT2D eigenvalue weighted by Crippen LogP contribution is 2.21. The van der Waals surface area contributed by atoms with Crippen molar-refractivity contribution < 1.29 is 9.53 Å². The molecule has 2 heterocycles. The molecule has 0 N–H and O–H groups in total. The minimum absolute atomic E-state index is 0.154. The van der Waals surface area contributed by atoms with E-state index in [1.165, 1.54) is 32.7 Å². The SMILES string of the molecule is CCOc1ccc(C(=O)N2CCC(CN3CCN(C)CC3)CC2)cc1. The molecule has 2 saturated heterocycles. The number of hydrogen-bond acceptors (Lipinski definition) is 4. The maximum Gasteiger partial charge on any atom is 0.253 e. The average molecular weight is 345 g/mol. The Morgan fingerprint density at radius 3 is 2.28 bits per heavy atom. The number of amides is 1. The van der Waals surface area contributed by atoms with Crippen LogP contribution >= 0.6 is 0 Å². The molecule has 0 bridgehead atoms. The van der Waals surface area contributed by atoms with Gasteiger partial charge in [0, 0.05) is 51.4 Å². The summed E-state index contributed by atoms with van der Waals surface area (Å²) in [6.45, 7) is 10.3. The van der Waals surface area contributed by atoms with Crippen LogP contribution in [0.3, 0.4) is 0 Å². The Kier molecular flexibility index (Phi) is 6.32. The predicted octanol–water partition coefficient (Wildman–Crippen LogP) is 2.18. The van der Waals surface area contributed by atoms with Crippen LogP contribution < -0.4 is 4.74 Å². The van der Waals surface area contributed by atoms with E-state index >= 15 is 0 Å². The van der Waals surface area contributed by atoms with Gasteiger partial charge in [0.1, 0.15) is 5.75 Å². The number of carbonyl (C=O) groups is 1. The third-order valence-electron chi connectivity index (χ3n) is 5.43. The van der Waals surface area contributed by atoms with Crippen LogP contribution in [-0.4, -0.2) is 80.1 Å². The van der Waals surface area contributed by atoms with Gasteiger partial charge in [-0.25, -0.2) is 0 Å². The Bertz CT molecular complexity index is 545. The fraction of sp³-hybridized carbons (Fsp3) is 0.650. The number of nitrogens with zero attached hydrogens (tertiary/aromatic N) is 3. The molecule has 0 aromatic heterocycles. The molecule has 0 atom stereocenters. The van der Waals surface area contributed by atoms with Crippen LogP contribution in [0.5, 0.6) is 5.75 Å². The van der Waals surface area contributed by atoms with Crippen LogP contribution in [0.2, 0.25) is 0 Å². The first-order valence-electron chi connectivity index (χ1n) is 9.58. The maximum absolute atomic E-state index is 12.7. The van der Waals surface area contributed by atoms with Crippen molar-refractivity contribution in [2.24, 2.45) is 5.92 Å². The van der Waals surface area contributed by atoms with Gasteiger partial charge in [0.05, 0.1) is 6.61 Å². The molecule has 5 heteroatoms.